The van der Waals surface area contributed by atoms with Gasteiger partial charge in [-0.15, -0.1) is 0 Å². The zero-order valence-corrected chi connectivity index (χ0v) is 9.52. The number of carbonyl (C=O) groups is 3. The molecule has 0 aliphatic heterocycles. The fourth-order valence-electron chi connectivity index (χ4n) is 1.85. The highest BCUT2D eigenvalue weighted by molar-refractivity contribution is 6.20. The molecule has 0 N–H and O–H groups in total. The van der Waals surface area contributed by atoms with Gasteiger partial charge in [-0.2, -0.15) is 0 Å². The maximum Gasteiger partial charge on any atom is 0.218 e. The zero-order chi connectivity index (χ0) is 12.1. The van der Waals surface area contributed by atoms with Gasteiger partial charge >= 0.3 is 0 Å². The van der Waals surface area contributed by atoms with Gasteiger partial charge < -0.3 is 9.47 Å². The Morgan fingerprint density at radius 1 is 1.12 bits per heavy atom. The molecule has 0 aromatic heterocycles. The third-order valence-electron chi connectivity index (χ3n) is 2.69. The second-order valence-electron chi connectivity index (χ2n) is 3.78. The summed E-state index contributed by atoms with van der Waals surface area (Å²) in [4.78, 5) is 35.1. The summed E-state index contributed by atoms with van der Waals surface area (Å²) in [5, 5.41) is 0. The lowest BCUT2D eigenvalue weighted by molar-refractivity contribution is -0.164. The van der Waals surface area contributed by atoms with Crippen LogP contribution in [0.2, 0.25) is 0 Å². The van der Waals surface area contributed by atoms with Gasteiger partial charge in [0.25, 0.3) is 0 Å². The third-order valence-corrected chi connectivity index (χ3v) is 2.69. The van der Waals surface area contributed by atoms with Crippen LogP contribution in [0.3, 0.4) is 0 Å². The summed E-state index contributed by atoms with van der Waals surface area (Å²) in [6, 6.07) is 0. The van der Waals surface area contributed by atoms with Crippen LogP contribution in [-0.4, -0.2) is 37.9 Å². The molecule has 0 amide bonds. The molecule has 0 aromatic rings. The van der Waals surface area contributed by atoms with Crippen molar-refractivity contribution in [3.63, 3.8) is 0 Å². The first kappa shape index (κ1) is 13.0. The molecule has 1 saturated carbocycles. The van der Waals surface area contributed by atoms with E-state index in [1.54, 1.807) is 0 Å². The van der Waals surface area contributed by atoms with Gasteiger partial charge in [0.1, 0.15) is 5.92 Å². The number of carbonyl (C=O) groups excluding carboxylic acids is 3. The molecule has 0 unspecified atom stereocenters. The van der Waals surface area contributed by atoms with Gasteiger partial charge in [0.2, 0.25) is 12.1 Å². The number of hydrogen-bond acceptors (Lipinski definition) is 5. The van der Waals surface area contributed by atoms with E-state index in [9.17, 15) is 14.4 Å². The number of methoxy groups -OCH3 is 2. The molecule has 5 heteroatoms. The second-order valence-corrected chi connectivity index (χ2v) is 3.78. The van der Waals surface area contributed by atoms with Crippen molar-refractivity contribution in [2.24, 2.45) is 5.92 Å². The highest BCUT2D eigenvalue weighted by Gasteiger charge is 2.38. The van der Waals surface area contributed by atoms with Crippen molar-refractivity contribution < 1.29 is 23.9 Å². The number of Topliss-reactive ketones (excluding diaryl/α,β-unsaturated/α-hetero) is 3. The lowest BCUT2D eigenvalue weighted by Crippen LogP contribution is -2.39. The van der Waals surface area contributed by atoms with Crippen LogP contribution in [0.5, 0.6) is 0 Å². The molecular formula is C11H16O5. The predicted molar refractivity (Wildman–Crippen MR) is 54.8 cm³/mol. The minimum Gasteiger partial charge on any atom is -0.349 e. The lowest BCUT2D eigenvalue weighted by atomic mass is 9.92. The molecule has 0 heterocycles. The van der Waals surface area contributed by atoms with Gasteiger partial charge in [-0.05, 0) is 12.8 Å². The van der Waals surface area contributed by atoms with Crippen molar-refractivity contribution in [1.82, 2.24) is 0 Å². The SMILES string of the molecule is COC(OC)C(=O)C1C(=O)CCCCC1=O. The maximum atomic E-state index is 11.8. The van der Waals surface area contributed by atoms with E-state index in [0.717, 1.165) is 0 Å². The van der Waals surface area contributed by atoms with Gasteiger partial charge in [0.05, 0.1) is 0 Å². The normalized spacial score (nSPS) is 18.9. The van der Waals surface area contributed by atoms with Crippen LogP contribution in [0.15, 0.2) is 0 Å². The van der Waals surface area contributed by atoms with Crippen molar-refractivity contribution in [2.75, 3.05) is 14.2 Å². The standard InChI is InChI=1S/C11H16O5/c1-15-11(16-2)10(14)9-7(12)5-3-4-6-8(9)13/h9,11H,3-6H2,1-2H3. The minimum atomic E-state index is -1.19. The molecule has 5 nitrogen and oxygen atoms in total. The van der Waals surface area contributed by atoms with E-state index in [1.807, 2.05) is 0 Å². The van der Waals surface area contributed by atoms with Gasteiger partial charge in [0.15, 0.2) is 11.6 Å². The number of rotatable bonds is 4. The lowest BCUT2D eigenvalue weighted by Gasteiger charge is -2.17. The van der Waals surface area contributed by atoms with Gasteiger partial charge in [-0.25, -0.2) is 0 Å². The molecule has 0 aromatic carbocycles. The monoisotopic (exact) mass is 228 g/mol. The van der Waals surface area contributed by atoms with Crippen LogP contribution in [-0.2, 0) is 23.9 Å². The van der Waals surface area contributed by atoms with Crippen LogP contribution in [0.1, 0.15) is 25.7 Å². The van der Waals surface area contributed by atoms with Crippen LogP contribution in [0, 0.1) is 5.92 Å². The van der Waals surface area contributed by atoms with E-state index in [0.29, 0.717) is 12.8 Å². The molecule has 0 saturated heterocycles. The molecule has 1 aliphatic carbocycles. The van der Waals surface area contributed by atoms with Crippen molar-refractivity contribution in [3.8, 4) is 0 Å². The highest BCUT2D eigenvalue weighted by Crippen LogP contribution is 2.19. The van der Waals surface area contributed by atoms with Crippen molar-refractivity contribution in [1.29, 1.82) is 0 Å². The van der Waals surface area contributed by atoms with E-state index in [-0.39, 0.29) is 24.4 Å². The average molecular weight is 228 g/mol. The van der Waals surface area contributed by atoms with Crippen molar-refractivity contribution in [2.45, 2.75) is 32.0 Å². The molecule has 1 aliphatic rings. The summed E-state index contributed by atoms with van der Waals surface area (Å²) >= 11 is 0. The highest BCUT2D eigenvalue weighted by atomic mass is 16.7. The molecule has 16 heavy (non-hydrogen) atoms. The van der Waals surface area contributed by atoms with Gasteiger partial charge in [-0.1, -0.05) is 0 Å². The third kappa shape index (κ3) is 2.74. The Balaban J connectivity index is 2.85. The van der Waals surface area contributed by atoms with Gasteiger partial charge in [0, 0.05) is 27.1 Å². The summed E-state index contributed by atoms with van der Waals surface area (Å²) in [5.74, 6) is -2.40. The average Bonchev–Trinajstić information content (AvgIpc) is 2.41. The summed E-state index contributed by atoms with van der Waals surface area (Å²) in [6.07, 6.45) is 0.763. The molecule has 1 fully saturated rings. The first-order valence-corrected chi connectivity index (χ1v) is 5.26. The van der Waals surface area contributed by atoms with Crippen LogP contribution < -0.4 is 0 Å². The molecule has 0 atom stereocenters. The Morgan fingerprint density at radius 2 is 1.56 bits per heavy atom. The molecule has 0 spiro atoms. The second kappa shape index (κ2) is 5.86. The summed E-state index contributed by atoms with van der Waals surface area (Å²) in [6.45, 7) is 0. The molecular weight excluding hydrogens is 212 g/mol. The molecule has 1 rings (SSSR count). The Kier molecular flexibility index (Phi) is 4.76. The number of ketones is 3. The Bertz CT molecular complexity index is 275. The molecule has 90 valence electrons. The fourth-order valence-corrected chi connectivity index (χ4v) is 1.85. The molecule has 0 radical (unpaired) electrons. The Morgan fingerprint density at radius 3 is 1.94 bits per heavy atom. The topological polar surface area (TPSA) is 69.7 Å². The zero-order valence-electron chi connectivity index (χ0n) is 9.52. The number of ether oxygens (including phenoxy) is 2. The first-order valence-electron chi connectivity index (χ1n) is 5.26. The Labute approximate surface area is 94.1 Å². The van der Waals surface area contributed by atoms with E-state index >= 15 is 0 Å². The van der Waals surface area contributed by atoms with Crippen molar-refractivity contribution >= 4 is 17.3 Å². The van der Waals surface area contributed by atoms with Gasteiger partial charge in [-0.3, -0.25) is 14.4 Å². The largest absolute Gasteiger partial charge is 0.349 e. The summed E-state index contributed by atoms with van der Waals surface area (Å²) in [7, 11) is 2.61. The first-order chi connectivity index (χ1) is 7.61. The van der Waals surface area contributed by atoms with E-state index in [1.165, 1.54) is 14.2 Å². The molecule has 0 bridgehead atoms. The smallest absolute Gasteiger partial charge is 0.218 e. The van der Waals surface area contributed by atoms with E-state index < -0.39 is 18.0 Å². The van der Waals surface area contributed by atoms with E-state index in [2.05, 4.69) is 0 Å². The minimum absolute atomic E-state index is 0.280. The fraction of sp³-hybridized carbons (Fsp3) is 0.727. The Hall–Kier alpha value is -1.07. The quantitative estimate of drug-likeness (QED) is 0.398. The maximum absolute atomic E-state index is 11.8. The van der Waals surface area contributed by atoms with E-state index in [4.69, 9.17) is 9.47 Å². The summed E-state index contributed by atoms with van der Waals surface area (Å²) in [5.41, 5.74) is 0. The summed E-state index contributed by atoms with van der Waals surface area (Å²) < 4.78 is 9.55. The van der Waals surface area contributed by atoms with Crippen LogP contribution in [0.4, 0.5) is 0 Å². The van der Waals surface area contributed by atoms with Crippen molar-refractivity contribution in [3.05, 3.63) is 0 Å². The number of hydrogen-bond donors (Lipinski definition) is 0. The predicted octanol–water partition coefficient (Wildman–Crippen LogP) is 0.503. The van der Waals surface area contributed by atoms with Crippen LogP contribution in [0.25, 0.3) is 0 Å². The van der Waals surface area contributed by atoms with Crippen LogP contribution >= 0.6 is 0 Å².